The van der Waals surface area contributed by atoms with Gasteiger partial charge in [0.1, 0.15) is 0 Å². The Bertz CT molecular complexity index is 308. The highest BCUT2D eigenvalue weighted by Gasteiger charge is 2.41. The number of rotatable bonds is 0. The van der Waals surface area contributed by atoms with E-state index >= 15 is 0 Å². The number of fused-ring (bicyclic) bond motifs is 1. The van der Waals surface area contributed by atoms with Crippen LogP contribution in [-0.2, 0) is 0 Å². The van der Waals surface area contributed by atoms with Gasteiger partial charge in [0.05, 0.1) is 0 Å². The summed E-state index contributed by atoms with van der Waals surface area (Å²) >= 11 is 0. The Morgan fingerprint density at radius 1 is 1.27 bits per heavy atom. The molecule has 0 aromatic carbocycles. The molecule has 0 N–H and O–H groups in total. The van der Waals surface area contributed by atoms with E-state index in [1.165, 1.54) is 25.7 Å². The highest BCUT2D eigenvalue weighted by atomic mass is 14.5. The van der Waals surface area contributed by atoms with E-state index < -0.39 is 0 Å². The second-order valence-electron chi connectivity index (χ2n) is 5.94. The standard InChI is InChI=1S/C15H24/c1-11-5-8-14-12(2)6-7-13(3)15(14,4)10-9-11/h6,9,13-14H,5,7-8,10H2,1-4H3/t13-,14+,15+/m0/s1. The van der Waals surface area contributed by atoms with E-state index in [4.69, 9.17) is 0 Å². The van der Waals surface area contributed by atoms with Crippen molar-refractivity contribution in [2.75, 3.05) is 0 Å². The van der Waals surface area contributed by atoms with Gasteiger partial charge in [-0.05, 0) is 56.8 Å². The van der Waals surface area contributed by atoms with Gasteiger partial charge >= 0.3 is 0 Å². The van der Waals surface area contributed by atoms with Gasteiger partial charge in [0.2, 0.25) is 0 Å². The lowest BCUT2D eigenvalue weighted by atomic mass is 9.60. The van der Waals surface area contributed by atoms with Gasteiger partial charge in [-0.25, -0.2) is 0 Å². The van der Waals surface area contributed by atoms with Crippen LogP contribution >= 0.6 is 0 Å². The summed E-state index contributed by atoms with van der Waals surface area (Å²) in [5.74, 6) is 1.67. The van der Waals surface area contributed by atoms with Crippen LogP contribution in [0.4, 0.5) is 0 Å². The van der Waals surface area contributed by atoms with Crippen LogP contribution in [0.2, 0.25) is 0 Å². The monoisotopic (exact) mass is 204 g/mol. The first kappa shape index (κ1) is 11.0. The molecular formula is C15H24. The summed E-state index contributed by atoms with van der Waals surface area (Å²) in [4.78, 5) is 0. The zero-order chi connectivity index (χ0) is 11.1. The Balaban J connectivity index is 2.34. The van der Waals surface area contributed by atoms with Gasteiger partial charge in [-0.15, -0.1) is 0 Å². The normalized spacial score (nSPS) is 41.3. The molecule has 0 heteroatoms. The topological polar surface area (TPSA) is 0 Å². The highest BCUT2D eigenvalue weighted by Crippen LogP contribution is 2.51. The Labute approximate surface area is 94.5 Å². The van der Waals surface area contributed by atoms with E-state index in [2.05, 4.69) is 39.8 Å². The molecule has 0 radical (unpaired) electrons. The van der Waals surface area contributed by atoms with Crippen LogP contribution in [0.3, 0.4) is 0 Å². The maximum Gasteiger partial charge on any atom is -0.0143 e. The fraction of sp³-hybridized carbons (Fsp3) is 0.733. The van der Waals surface area contributed by atoms with Crippen molar-refractivity contribution in [3.05, 3.63) is 23.3 Å². The summed E-state index contributed by atoms with van der Waals surface area (Å²) in [6.07, 6.45) is 10.2. The third-order valence-corrected chi connectivity index (χ3v) is 4.98. The first-order chi connectivity index (χ1) is 7.04. The second-order valence-corrected chi connectivity index (χ2v) is 5.94. The Morgan fingerprint density at radius 2 is 2.00 bits per heavy atom. The van der Waals surface area contributed by atoms with E-state index in [-0.39, 0.29) is 0 Å². The van der Waals surface area contributed by atoms with E-state index in [0.717, 1.165) is 11.8 Å². The number of allylic oxidation sites excluding steroid dienone is 4. The molecule has 0 spiro atoms. The minimum absolute atomic E-state index is 0.524. The van der Waals surface area contributed by atoms with E-state index in [1.54, 1.807) is 11.1 Å². The molecule has 0 saturated heterocycles. The van der Waals surface area contributed by atoms with Crippen LogP contribution in [0.5, 0.6) is 0 Å². The molecule has 2 aliphatic rings. The number of hydrogen-bond donors (Lipinski definition) is 0. The van der Waals surface area contributed by atoms with Crippen LogP contribution < -0.4 is 0 Å². The predicted octanol–water partition coefficient (Wildman–Crippen LogP) is 4.73. The zero-order valence-corrected chi connectivity index (χ0v) is 10.6. The Hall–Kier alpha value is -0.520. The maximum absolute atomic E-state index is 2.51. The van der Waals surface area contributed by atoms with Crippen molar-refractivity contribution < 1.29 is 0 Å². The molecule has 3 atom stereocenters. The molecule has 0 amide bonds. The fourth-order valence-electron chi connectivity index (χ4n) is 3.41. The van der Waals surface area contributed by atoms with Crippen molar-refractivity contribution in [3.63, 3.8) is 0 Å². The van der Waals surface area contributed by atoms with Gasteiger partial charge in [0, 0.05) is 0 Å². The molecule has 0 saturated carbocycles. The van der Waals surface area contributed by atoms with E-state index in [9.17, 15) is 0 Å². The summed E-state index contributed by atoms with van der Waals surface area (Å²) in [5, 5.41) is 0. The number of hydrogen-bond acceptors (Lipinski definition) is 0. The molecule has 0 heterocycles. The summed E-state index contributed by atoms with van der Waals surface area (Å²) in [5.41, 5.74) is 3.78. The molecule has 2 aliphatic carbocycles. The molecular weight excluding hydrogens is 180 g/mol. The lowest BCUT2D eigenvalue weighted by Crippen LogP contribution is -2.36. The van der Waals surface area contributed by atoms with Gasteiger partial charge in [-0.1, -0.05) is 37.1 Å². The summed E-state index contributed by atoms with van der Waals surface area (Å²) in [6, 6.07) is 0. The molecule has 2 rings (SSSR count). The van der Waals surface area contributed by atoms with Gasteiger partial charge in [-0.2, -0.15) is 0 Å². The summed E-state index contributed by atoms with van der Waals surface area (Å²) < 4.78 is 0. The molecule has 84 valence electrons. The van der Waals surface area contributed by atoms with Gasteiger partial charge in [0.15, 0.2) is 0 Å². The third-order valence-electron chi connectivity index (χ3n) is 4.98. The molecule has 0 aromatic heterocycles. The average molecular weight is 204 g/mol. The van der Waals surface area contributed by atoms with Crippen LogP contribution in [0, 0.1) is 17.3 Å². The SMILES string of the molecule is CC1=CC[C@@]2(C)[C@H](CC1)C(C)=CC[C@@H]2C. The van der Waals surface area contributed by atoms with Crippen molar-refractivity contribution in [2.24, 2.45) is 17.3 Å². The van der Waals surface area contributed by atoms with Crippen LogP contribution in [-0.4, -0.2) is 0 Å². The smallest absolute Gasteiger partial charge is 0.0143 e. The second kappa shape index (κ2) is 3.81. The Morgan fingerprint density at radius 3 is 2.73 bits per heavy atom. The van der Waals surface area contributed by atoms with Crippen molar-refractivity contribution in [2.45, 2.75) is 53.4 Å². The average Bonchev–Trinajstić information content (AvgIpc) is 2.35. The minimum atomic E-state index is 0.524. The highest BCUT2D eigenvalue weighted by molar-refractivity contribution is 5.19. The van der Waals surface area contributed by atoms with Crippen LogP contribution in [0.15, 0.2) is 23.3 Å². The molecule has 0 fully saturated rings. The van der Waals surface area contributed by atoms with Gasteiger partial charge in [0.25, 0.3) is 0 Å². The molecule has 15 heavy (non-hydrogen) atoms. The lowest BCUT2D eigenvalue weighted by molar-refractivity contribution is 0.114. The molecule has 0 nitrogen and oxygen atoms in total. The summed E-state index contributed by atoms with van der Waals surface area (Å²) in [7, 11) is 0. The van der Waals surface area contributed by atoms with Gasteiger partial charge in [-0.3, -0.25) is 0 Å². The van der Waals surface area contributed by atoms with Crippen LogP contribution in [0.25, 0.3) is 0 Å². The molecule has 0 aliphatic heterocycles. The first-order valence-electron chi connectivity index (χ1n) is 6.36. The van der Waals surface area contributed by atoms with Gasteiger partial charge < -0.3 is 0 Å². The quantitative estimate of drug-likeness (QED) is 0.501. The molecule has 0 unspecified atom stereocenters. The van der Waals surface area contributed by atoms with Crippen molar-refractivity contribution in [1.29, 1.82) is 0 Å². The maximum atomic E-state index is 2.51. The Kier molecular flexibility index (Phi) is 2.79. The lowest BCUT2D eigenvalue weighted by Gasteiger charge is -2.45. The fourth-order valence-corrected chi connectivity index (χ4v) is 3.41. The van der Waals surface area contributed by atoms with Crippen molar-refractivity contribution in [1.82, 2.24) is 0 Å². The molecule has 0 aromatic rings. The minimum Gasteiger partial charge on any atom is -0.0850 e. The largest absolute Gasteiger partial charge is 0.0850 e. The zero-order valence-electron chi connectivity index (χ0n) is 10.6. The van der Waals surface area contributed by atoms with Crippen molar-refractivity contribution >= 4 is 0 Å². The third kappa shape index (κ3) is 1.79. The van der Waals surface area contributed by atoms with Crippen LogP contribution in [0.1, 0.15) is 53.4 Å². The van der Waals surface area contributed by atoms with Crippen molar-refractivity contribution in [3.8, 4) is 0 Å². The summed E-state index contributed by atoms with van der Waals surface area (Å²) in [6.45, 7) is 9.58. The van der Waals surface area contributed by atoms with E-state index in [1.807, 2.05) is 0 Å². The predicted molar refractivity (Wildman–Crippen MR) is 66.7 cm³/mol. The van der Waals surface area contributed by atoms with E-state index in [0.29, 0.717) is 5.41 Å². The molecule has 0 bridgehead atoms. The first-order valence-corrected chi connectivity index (χ1v) is 6.36.